The molecule has 1 atom stereocenters. The van der Waals surface area contributed by atoms with Crippen LogP contribution < -0.4 is 9.47 Å². The fourth-order valence-electron chi connectivity index (χ4n) is 4.64. The van der Waals surface area contributed by atoms with Crippen LogP contribution >= 0.6 is 0 Å². The van der Waals surface area contributed by atoms with Crippen LogP contribution in [0.3, 0.4) is 0 Å². The van der Waals surface area contributed by atoms with Crippen molar-refractivity contribution in [1.29, 1.82) is 0 Å². The Hall–Kier alpha value is -2.58. The first-order valence-corrected chi connectivity index (χ1v) is 12.3. The second-order valence-electron chi connectivity index (χ2n) is 8.20. The van der Waals surface area contributed by atoms with Crippen molar-refractivity contribution < 1.29 is 22.7 Å². The zero-order valence-corrected chi connectivity index (χ0v) is 18.1. The number of likely N-dealkylation sites (tertiary alicyclic amines) is 1. The summed E-state index contributed by atoms with van der Waals surface area (Å²) in [5, 5.41) is 0. The molecule has 3 aliphatic rings. The predicted molar refractivity (Wildman–Crippen MR) is 115 cm³/mol. The molecule has 1 unspecified atom stereocenters. The van der Waals surface area contributed by atoms with Gasteiger partial charge in [0.05, 0.1) is 10.9 Å². The molecule has 0 saturated carbocycles. The number of benzene rings is 2. The summed E-state index contributed by atoms with van der Waals surface area (Å²) in [6.07, 6.45) is 3.59. The monoisotopic (exact) mass is 442 g/mol. The molecule has 1 amide bonds. The van der Waals surface area contributed by atoms with Gasteiger partial charge in [0.1, 0.15) is 13.2 Å². The molecule has 31 heavy (non-hydrogen) atoms. The second kappa shape index (κ2) is 8.16. The Kier molecular flexibility index (Phi) is 5.35. The lowest BCUT2D eigenvalue weighted by atomic mass is 10.0. The molecule has 0 aliphatic carbocycles. The highest BCUT2D eigenvalue weighted by atomic mass is 32.2. The van der Waals surface area contributed by atoms with Crippen molar-refractivity contribution in [2.75, 3.05) is 32.8 Å². The maximum absolute atomic E-state index is 13.2. The maximum Gasteiger partial charge on any atom is 0.254 e. The van der Waals surface area contributed by atoms with Crippen LogP contribution in [0.25, 0.3) is 0 Å². The first-order valence-electron chi connectivity index (χ1n) is 10.8. The van der Waals surface area contributed by atoms with Gasteiger partial charge in [0, 0.05) is 25.2 Å². The molecule has 5 rings (SSSR count). The Bertz CT molecular complexity index is 1080. The number of amides is 1. The molecule has 0 N–H and O–H groups in total. The molecule has 3 aliphatic heterocycles. The van der Waals surface area contributed by atoms with E-state index in [-0.39, 0.29) is 16.8 Å². The molecule has 2 saturated heterocycles. The minimum Gasteiger partial charge on any atom is -0.486 e. The number of carbonyl (C=O) groups is 1. The van der Waals surface area contributed by atoms with E-state index in [1.54, 1.807) is 24.3 Å². The first-order chi connectivity index (χ1) is 15.0. The van der Waals surface area contributed by atoms with E-state index < -0.39 is 10.0 Å². The zero-order valence-electron chi connectivity index (χ0n) is 17.3. The van der Waals surface area contributed by atoms with Crippen LogP contribution in [0, 0.1) is 0 Å². The summed E-state index contributed by atoms with van der Waals surface area (Å²) in [5.74, 6) is 1.38. The Morgan fingerprint density at radius 3 is 2.32 bits per heavy atom. The van der Waals surface area contributed by atoms with Gasteiger partial charge in [-0.25, -0.2) is 8.42 Å². The van der Waals surface area contributed by atoms with Crippen LogP contribution in [-0.2, 0) is 10.0 Å². The number of nitrogens with zero attached hydrogens (tertiary/aromatic N) is 2. The van der Waals surface area contributed by atoms with E-state index in [1.807, 2.05) is 23.1 Å². The molecule has 0 aromatic heterocycles. The fourth-order valence-corrected chi connectivity index (χ4v) is 6.15. The minimum absolute atomic E-state index is 0.0312. The van der Waals surface area contributed by atoms with Gasteiger partial charge in [-0.15, -0.1) is 0 Å². The molecule has 2 fully saturated rings. The molecule has 8 heteroatoms. The van der Waals surface area contributed by atoms with Crippen LogP contribution in [0.15, 0.2) is 47.4 Å². The number of ether oxygens (including phenoxy) is 2. The molecule has 0 spiro atoms. The van der Waals surface area contributed by atoms with Crippen molar-refractivity contribution in [2.24, 2.45) is 0 Å². The Labute approximate surface area is 182 Å². The van der Waals surface area contributed by atoms with Crippen molar-refractivity contribution in [3.05, 3.63) is 53.6 Å². The van der Waals surface area contributed by atoms with Crippen LogP contribution in [0.5, 0.6) is 11.5 Å². The highest BCUT2D eigenvalue weighted by molar-refractivity contribution is 7.89. The van der Waals surface area contributed by atoms with Crippen molar-refractivity contribution in [2.45, 2.75) is 36.6 Å². The average Bonchev–Trinajstić information content (AvgIpc) is 3.51. The smallest absolute Gasteiger partial charge is 0.254 e. The molecule has 2 aromatic rings. The third kappa shape index (κ3) is 3.78. The standard InChI is InChI=1S/C23H26N2O5S/c26-23(17-5-8-19(9-6-17)31(27,28)24-11-1-2-12-24)25-13-3-4-20(25)18-7-10-21-22(16-18)30-15-14-29-21/h5-10,16,20H,1-4,11-15H2. The van der Waals surface area contributed by atoms with E-state index in [4.69, 9.17) is 9.47 Å². The lowest BCUT2D eigenvalue weighted by Crippen LogP contribution is -2.31. The zero-order chi connectivity index (χ0) is 21.4. The topological polar surface area (TPSA) is 76.2 Å². The quantitative estimate of drug-likeness (QED) is 0.727. The molecule has 2 aromatic carbocycles. The first kappa shape index (κ1) is 20.3. The summed E-state index contributed by atoms with van der Waals surface area (Å²) < 4.78 is 38.3. The van der Waals surface area contributed by atoms with E-state index in [1.165, 1.54) is 4.31 Å². The average molecular weight is 443 g/mol. The van der Waals surface area contributed by atoms with Crippen molar-refractivity contribution >= 4 is 15.9 Å². The number of sulfonamides is 1. The van der Waals surface area contributed by atoms with E-state index in [0.29, 0.717) is 38.4 Å². The minimum atomic E-state index is -3.48. The third-order valence-electron chi connectivity index (χ3n) is 6.27. The van der Waals surface area contributed by atoms with Crippen LogP contribution in [-0.4, -0.2) is 56.4 Å². The van der Waals surface area contributed by atoms with Gasteiger partial charge in [-0.1, -0.05) is 6.07 Å². The maximum atomic E-state index is 13.2. The Balaban J connectivity index is 1.35. The fraction of sp³-hybridized carbons (Fsp3) is 0.435. The lowest BCUT2D eigenvalue weighted by molar-refractivity contribution is 0.0735. The van der Waals surface area contributed by atoms with Gasteiger partial charge in [0.2, 0.25) is 10.0 Å². The number of hydrogen-bond acceptors (Lipinski definition) is 5. The molecule has 0 bridgehead atoms. The number of carbonyl (C=O) groups excluding carboxylic acids is 1. The van der Waals surface area contributed by atoms with Gasteiger partial charge in [0.25, 0.3) is 5.91 Å². The predicted octanol–water partition coefficient (Wildman–Crippen LogP) is 3.22. The summed E-state index contributed by atoms with van der Waals surface area (Å²) in [7, 11) is -3.48. The largest absolute Gasteiger partial charge is 0.486 e. The van der Waals surface area contributed by atoms with Gasteiger partial charge in [0.15, 0.2) is 11.5 Å². The molecule has 164 valence electrons. The number of hydrogen-bond donors (Lipinski definition) is 0. The van der Waals surface area contributed by atoms with Crippen molar-refractivity contribution in [3.63, 3.8) is 0 Å². The van der Waals surface area contributed by atoms with Gasteiger partial charge >= 0.3 is 0 Å². The Morgan fingerprint density at radius 2 is 1.58 bits per heavy atom. The third-order valence-corrected chi connectivity index (χ3v) is 8.18. The van der Waals surface area contributed by atoms with Crippen molar-refractivity contribution in [1.82, 2.24) is 9.21 Å². The summed E-state index contributed by atoms with van der Waals surface area (Å²) in [4.78, 5) is 15.4. The van der Waals surface area contributed by atoms with Gasteiger partial charge < -0.3 is 14.4 Å². The van der Waals surface area contributed by atoms with E-state index >= 15 is 0 Å². The lowest BCUT2D eigenvalue weighted by Gasteiger charge is -2.27. The normalized spacial score (nSPS) is 21.4. The molecular weight excluding hydrogens is 416 g/mol. The highest BCUT2D eigenvalue weighted by Crippen LogP contribution is 2.38. The second-order valence-corrected chi connectivity index (χ2v) is 10.1. The van der Waals surface area contributed by atoms with E-state index in [2.05, 4.69) is 0 Å². The number of rotatable bonds is 4. The summed E-state index contributed by atoms with van der Waals surface area (Å²) >= 11 is 0. The summed E-state index contributed by atoms with van der Waals surface area (Å²) in [5.41, 5.74) is 1.54. The number of fused-ring (bicyclic) bond motifs is 1. The Morgan fingerprint density at radius 1 is 0.871 bits per heavy atom. The molecule has 0 radical (unpaired) electrons. The van der Waals surface area contributed by atoms with Crippen molar-refractivity contribution in [3.8, 4) is 11.5 Å². The SMILES string of the molecule is O=C(c1ccc(S(=O)(=O)N2CCCC2)cc1)N1CCCC1c1ccc2c(c1)OCCO2. The summed E-state index contributed by atoms with van der Waals surface area (Å²) in [6, 6.07) is 12.2. The van der Waals surface area contributed by atoms with Crippen LogP contribution in [0.1, 0.15) is 47.6 Å². The molecular formula is C23H26N2O5S. The van der Waals surface area contributed by atoms with E-state index in [9.17, 15) is 13.2 Å². The van der Waals surface area contributed by atoms with E-state index in [0.717, 1.165) is 42.7 Å². The van der Waals surface area contributed by atoms with Gasteiger partial charge in [-0.05, 0) is 67.6 Å². The van der Waals surface area contributed by atoms with Crippen LogP contribution in [0.2, 0.25) is 0 Å². The summed E-state index contributed by atoms with van der Waals surface area (Å²) in [6.45, 7) is 2.87. The van der Waals surface area contributed by atoms with Gasteiger partial charge in [-0.3, -0.25) is 4.79 Å². The van der Waals surface area contributed by atoms with Gasteiger partial charge in [-0.2, -0.15) is 4.31 Å². The highest BCUT2D eigenvalue weighted by Gasteiger charge is 2.32. The van der Waals surface area contributed by atoms with Crippen LogP contribution in [0.4, 0.5) is 0 Å². The molecule has 7 nitrogen and oxygen atoms in total. The molecule has 3 heterocycles.